The van der Waals surface area contributed by atoms with E-state index in [1.807, 2.05) is 33.9 Å². The lowest BCUT2D eigenvalue weighted by Gasteiger charge is -2.40. The van der Waals surface area contributed by atoms with Gasteiger partial charge in [0.25, 0.3) is 5.91 Å². The van der Waals surface area contributed by atoms with Crippen LogP contribution >= 0.6 is 8.25 Å². The third kappa shape index (κ3) is 5.59. The molecule has 0 aliphatic carbocycles. The van der Waals surface area contributed by atoms with Crippen molar-refractivity contribution in [2.75, 3.05) is 11.9 Å². The molecule has 1 aliphatic rings. The Hall–Kier alpha value is -2.51. The van der Waals surface area contributed by atoms with Gasteiger partial charge in [0.2, 0.25) is 0 Å². The predicted molar refractivity (Wildman–Crippen MR) is 141 cm³/mol. The van der Waals surface area contributed by atoms with Crippen LogP contribution in [0.3, 0.4) is 0 Å². The molecule has 0 bridgehead atoms. The summed E-state index contributed by atoms with van der Waals surface area (Å²) in [5.41, 5.74) is 0.467. The Morgan fingerprint density at radius 3 is 2.53 bits per heavy atom. The molecule has 1 unspecified atom stereocenters. The number of carbonyl (C=O) groups is 1. The first-order valence-corrected chi connectivity index (χ1v) is 16.2. The van der Waals surface area contributed by atoms with E-state index in [4.69, 9.17) is 13.7 Å². The first kappa shape index (κ1) is 28.5. The van der Waals surface area contributed by atoms with Gasteiger partial charge in [0.1, 0.15) is 30.5 Å². The Kier molecular flexibility index (Phi) is 8.19. The smallest absolute Gasteiger partial charge is 0.317 e. The summed E-state index contributed by atoms with van der Waals surface area (Å²) < 4.78 is 46.4. The van der Waals surface area contributed by atoms with E-state index < -0.39 is 59.4 Å². The minimum atomic E-state index is -3.43. The summed E-state index contributed by atoms with van der Waals surface area (Å²) in [5.74, 6) is -1.23. The summed E-state index contributed by atoms with van der Waals surface area (Å²) in [6.45, 7) is 9.53. The normalized spacial score (nSPS) is 23.1. The van der Waals surface area contributed by atoms with Crippen molar-refractivity contribution in [2.45, 2.75) is 63.4 Å². The molecule has 1 aromatic carbocycles. The van der Waals surface area contributed by atoms with Crippen LogP contribution in [0.2, 0.25) is 18.1 Å². The van der Waals surface area contributed by atoms with E-state index in [2.05, 4.69) is 15.3 Å². The highest BCUT2D eigenvalue weighted by molar-refractivity contribution is 7.32. The highest BCUT2D eigenvalue weighted by atomic mass is 31.1. The molecule has 3 N–H and O–H groups in total. The second-order valence-corrected chi connectivity index (χ2v) is 16.1. The number of aromatic nitrogens is 3. The Bertz CT molecular complexity index is 1330. The van der Waals surface area contributed by atoms with Gasteiger partial charge in [0, 0.05) is 11.8 Å². The van der Waals surface area contributed by atoms with Crippen molar-refractivity contribution in [1.82, 2.24) is 14.5 Å². The molecule has 14 heteroatoms. The third-order valence-electron chi connectivity index (χ3n) is 7.04. The van der Waals surface area contributed by atoms with Crippen LogP contribution in [0.15, 0.2) is 42.9 Å². The van der Waals surface area contributed by atoms with Gasteiger partial charge in [-0.2, -0.15) is 0 Å². The quantitative estimate of drug-likeness (QED) is 0.273. The number of ether oxygens (including phenoxy) is 1. The van der Waals surface area contributed by atoms with Gasteiger partial charge in [-0.15, -0.1) is 0 Å². The summed E-state index contributed by atoms with van der Waals surface area (Å²) in [6.07, 6.45) is -1.83. The predicted octanol–water partition coefficient (Wildman–Crippen LogP) is 3.87. The van der Waals surface area contributed by atoms with Gasteiger partial charge in [-0.05, 0) is 30.3 Å². The zero-order valence-corrected chi connectivity index (χ0v) is 23.7. The van der Waals surface area contributed by atoms with E-state index in [1.54, 1.807) is 30.3 Å². The lowest BCUT2D eigenvalue weighted by atomic mass is 10.1. The number of rotatable bonds is 8. The number of halogens is 1. The van der Waals surface area contributed by atoms with Crippen LogP contribution in [-0.4, -0.2) is 63.7 Å². The highest BCUT2D eigenvalue weighted by Gasteiger charge is 2.52. The van der Waals surface area contributed by atoms with Crippen LogP contribution in [0.25, 0.3) is 11.0 Å². The van der Waals surface area contributed by atoms with E-state index >= 15 is 4.39 Å². The molecule has 0 saturated carbocycles. The van der Waals surface area contributed by atoms with Crippen LogP contribution < -0.4 is 5.32 Å². The van der Waals surface area contributed by atoms with Crippen LogP contribution in [0.5, 0.6) is 0 Å². The van der Waals surface area contributed by atoms with Crippen molar-refractivity contribution >= 4 is 39.3 Å². The van der Waals surface area contributed by atoms with Crippen LogP contribution in [0, 0.1) is 5.82 Å². The molecule has 1 amide bonds. The average molecular weight is 567 g/mol. The Morgan fingerprint density at radius 2 is 1.92 bits per heavy atom. The standard InChI is InChI=1S/C24H32FN4O7PSi/c1-24(2,3)38(4,5)36-19-18(35-37(32)33)16(12-30)34-23(19)29-11-15(25)17-20(26-13-27-21(17)29)28-22(31)14-9-7-6-8-10-14/h6-11,13,16,18-19,23,30,37H,12H2,1-5H3,(H,32,33)(H,26,27,28,31)/t16-,18-,19-,23-/m1/s1. The van der Waals surface area contributed by atoms with E-state index in [9.17, 15) is 19.4 Å². The van der Waals surface area contributed by atoms with Gasteiger partial charge in [0.15, 0.2) is 26.0 Å². The molecule has 2 aromatic heterocycles. The first-order valence-electron chi connectivity index (χ1n) is 12.0. The summed E-state index contributed by atoms with van der Waals surface area (Å²) in [7, 11) is -5.95. The van der Waals surface area contributed by atoms with Crippen molar-refractivity contribution in [2.24, 2.45) is 0 Å². The maximum absolute atomic E-state index is 15.4. The van der Waals surface area contributed by atoms with Gasteiger partial charge in [-0.25, -0.2) is 14.4 Å². The number of fused-ring (bicyclic) bond motifs is 1. The van der Waals surface area contributed by atoms with E-state index in [1.165, 1.54) is 10.9 Å². The molecule has 4 rings (SSSR count). The molecule has 1 saturated heterocycles. The Labute approximate surface area is 221 Å². The zero-order chi connectivity index (χ0) is 27.8. The average Bonchev–Trinajstić information content (AvgIpc) is 3.36. The maximum Gasteiger partial charge on any atom is 0.317 e. The van der Waals surface area contributed by atoms with Crippen molar-refractivity contribution < 1.29 is 37.4 Å². The number of benzene rings is 1. The molecule has 3 aromatic rings. The maximum atomic E-state index is 15.4. The van der Waals surface area contributed by atoms with E-state index in [0.717, 1.165) is 6.20 Å². The van der Waals surface area contributed by atoms with Gasteiger partial charge in [0.05, 0.1) is 12.0 Å². The highest BCUT2D eigenvalue weighted by Crippen LogP contribution is 2.45. The molecular weight excluding hydrogens is 534 g/mol. The summed E-state index contributed by atoms with van der Waals surface area (Å²) in [6, 6.07) is 8.42. The number of carbonyl (C=O) groups excluding carboxylic acids is 1. The molecule has 11 nitrogen and oxygen atoms in total. The van der Waals surface area contributed by atoms with Crippen LogP contribution in [0.4, 0.5) is 10.2 Å². The topological polar surface area (TPSA) is 145 Å². The van der Waals surface area contributed by atoms with Crippen molar-refractivity contribution in [3.63, 3.8) is 0 Å². The zero-order valence-electron chi connectivity index (χ0n) is 21.7. The molecular formula is C24H32FN4O7PSi. The SMILES string of the molecule is CC(C)(C)[Si](C)(C)O[C@@H]1[C@H](O[PH](=O)O)[C@@H](CO)O[C@H]1n1cc(F)c2c(NC(=O)c3ccccc3)ncnc21. The molecule has 0 radical (unpaired) electrons. The molecule has 0 spiro atoms. The van der Waals surface area contributed by atoms with Crippen molar-refractivity contribution in [3.8, 4) is 0 Å². The molecule has 1 fully saturated rings. The minimum Gasteiger partial charge on any atom is -0.407 e. The van der Waals surface area contributed by atoms with Gasteiger partial charge < -0.3 is 33.6 Å². The Morgan fingerprint density at radius 1 is 1.24 bits per heavy atom. The molecule has 206 valence electrons. The number of amides is 1. The fourth-order valence-corrected chi connectivity index (χ4v) is 5.88. The van der Waals surface area contributed by atoms with Crippen molar-refractivity contribution in [1.29, 1.82) is 0 Å². The second kappa shape index (κ2) is 10.9. The molecule has 1 aliphatic heterocycles. The lowest BCUT2D eigenvalue weighted by molar-refractivity contribution is -0.0486. The van der Waals surface area contributed by atoms with Gasteiger partial charge in [-0.3, -0.25) is 9.36 Å². The fourth-order valence-electron chi connectivity index (χ4n) is 4.08. The summed E-state index contributed by atoms with van der Waals surface area (Å²) >= 11 is 0. The first-order chi connectivity index (χ1) is 17.8. The van der Waals surface area contributed by atoms with Gasteiger partial charge >= 0.3 is 8.25 Å². The number of aliphatic hydroxyl groups is 1. The lowest BCUT2D eigenvalue weighted by Crippen LogP contribution is -2.49. The number of anilines is 1. The van der Waals surface area contributed by atoms with Crippen LogP contribution in [-0.2, 0) is 18.3 Å². The second-order valence-electron chi connectivity index (χ2n) is 10.6. The summed E-state index contributed by atoms with van der Waals surface area (Å²) in [5, 5.41) is 12.3. The fraction of sp³-hybridized carbons (Fsp3) is 0.458. The van der Waals surface area contributed by atoms with Crippen LogP contribution in [0.1, 0.15) is 37.4 Å². The third-order valence-corrected chi connectivity index (χ3v) is 12.0. The number of nitrogens with zero attached hydrogens (tertiary/aromatic N) is 3. The minimum absolute atomic E-state index is 0.0353. The summed E-state index contributed by atoms with van der Waals surface area (Å²) in [4.78, 5) is 30.6. The van der Waals surface area contributed by atoms with Crippen molar-refractivity contribution in [3.05, 3.63) is 54.2 Å². The number of aliphatic hydroxyl groups excluding tert-OH is 1. The molecule has 5 atom stereocenters. The number of hydrogen-bond acceptors (Lipinski definition) is 8. The molecule has 38 heavy (non-hydrogen) atoms. The number of nitrogens with one attached hydrogen (secondary N) is 1. The monoisotopic (exact) mass is 566 g/mol. The van der Waals surface area contributed by atoms with E-state index in [0.29, 0.717) is 5.56 Å². The van der Waals surface area contributed by atoms with Gasteiger partial charge in [-0.1, -0.05) is 39.0 Å². The molecule has 3 heterocycles. The number of hydrogen-bond donors (Lipinski definition) is 3. The van der Waals surface area contributed by atoms with E-state index in [-0.39, 0.29) is 21.9 Å². The largest absolute Gasteiger partial charge is 0.407 e. The Balaban J connectivity index is 1.77.